The van der Waals surface area contributed by atoms with E-state index in [1.165, 1.54) is 18.3 Å². The highest BCUT2D eigenvalue weighted by atomic mass is 35.5. The van der Waals surface area contributed by atoms with E-state index in [0.717, 1.165) is 13.2 Å². The van der Waals surface area contributed by atoms with Crippen molar-refractivity contribution in [3.05, 3.63) is 64.2 Å². The minimum Gasteiger partial charge on any atom is -0.469 e. The number of ether oxygens (including phenoxy) is 1. The van der Waals surface area contributed by atoms with Gasteiger partial charge in [-0.1, -0.05) is 11.6 Å². The summed E-state index contributed by atoms with van der Waals surface area (Å²) in [6.07, 6.45) is -4.19. The molecule has 1 atom stereocenters. The fourth-order valence-electron chi connectivity index (χ4n) is 2.65. The van der Waals surface area contributed by atoms with E-state index in [1.807, 2.05) is 0 Å². The first kappa shape index (κ1) is 21.8. The molecule has 0 aliphatic heterocycles. The molecular weight excluding hydrogens is 422 g/mol. The van der Waals surface area contributed by atoms with E-state index in [-0.39, 0.29) is 21.4 Å². The van der Waals surface area contributed by atoms with E-state index in [2.05, 4.69) is 15.0 Å². The molecule has 0 bridgehead atoms. The second kappa shape index (κ2) is 8.27. The number of halogens is 5. The molecule has 0 saturated heterocycles. The Balaban J connectivity index is 2.82. The molecule has 1 aromatic carbocycles. The van der Waals surface area contributed by atoms with Crippen LogP contribution in [0, 0.1) is 5.82 Å². The third-order valence-electron chi connectivity index (χ3n) is 3.86. The van der Waals surface area contributed by atoms with Gasteiger partial charge in [-0.05, 0) is 48.1 Å². The molecule has 0 spiro atoms. The van der Waals surface area contributed by atoms with E-state index >= 15 is 0 Å². The largest absolute Gasteiger partial charge is 0.469 e. The highest BCUT2D eigenvalue weighted by molar-refractivity contribution is 7.80. The Kier molecular flexibility index (Phi) is 6.45. The van der Waals surface area contributed by atoms with Crippen molar-refractivity contribution in [2.45, 2.75) is 18.1 Å². The minimum absolute atomic E-state index is 0.0359. The SMILES string of the molecule is COC(=O)CC(NC(N)=S)(c1cc(F)cc(C(F)(F)F)c1)c1ccc(Cl)cn1. The maximum absolute atomic E-state index is 14.1. The van der Waals surface area contributed by atoms with Crippen LogP contribution in [0.25, 0.3) is 0 Å². The zero-order valence-corrected chi connectivity index (χ0v) is 15.9. The number of nitrogens with zero attached hydrogens (tertiary/aromatic N) is 1. The Labute approximate surface area is 167 Å². The predicted molar refractivity (Wildman–Crippen MR) is 98.0 cm³/mol. The molecule has 28 heavy (non-hydrogen) atoms. The van der Waals surface area contributed by atoms with Crippen molar-refractivity contribution < 1.29 is 27.1 Å². The molecule has 11 heteroatoms. The number of carbonyl (C=O) groups is 1. The molecule has 150 valence electrons. The number of benzene rings is 1. The number of rotatable bonds is 5. The summed E-state index contributed by atoms with van der Waals surface area (Å²) in [6, 6.07) is 4.62. The molecule has 0 saturated carbocycles. The van der Waals surface area contributed by atoms with Gasteiger partial charge in [0.25, 0.3) is 0 Å². The molecule has 0 fully saturated rings. The minimum atomic E-state index is -4.83. The maximum Gasteiger partial charge on any atom is 0.416 e. The Morgan fingerprint density at radius 2 is 1.93 bits per heavy atom. The van der Waals surface area contributed by atoms with Gasteiger partial charge in [0.2, 0.25) is 0 Å². The Hall–Kier alpha value is -2.46. The lowest BCUT2D eigenvalue weighted by Crippen LogP contribution is -2.51. The van der Waals surface area contributed by atoms with Crippen molar-refractivity contribution in [1.29, 1.82) is 0 Å². The number of nitrogens with one attached hydrogen (secondary N) is 1. The number of hydrogen-bond acceptors (Lipinski definition) is 4. The van der Waals surface area contributed by atoms with Crippen molar-refractivity contribution in [3.63, 3.8) is 0 Å². The monoisotopic (exact) mass is 435 g/mol. The molecule has 2 aromatic rings. The zero-order chi connectivity index (χ0) is 21.1. The molecule has 5 nitrogen and oxygen atoms in total. The van der Waals surface area contributed by atoms with Gasteiger partial charge in [-0.3, -0.25) is 9.78 Å². The lowest BCUT2D eigenvalue weighted by molar-refractivity contribution is -0.142. The third kappa shape index (κ3) is 4.87. The van der Waals surface area contributed by atoms with Crippen LogP contribution in [0.15, 0.2) is 36.5 Å². The zero-order valence-electron chi connectivity index (χ0n) is 14.3. The van der Waals surface area contributed by atoms with E-state index in [0.29, 0.717) is 12.1 Å². The van der Waals surface area contributed by atoms with Gasteiger partial charge in [0.1, 0.15) is 11.4 Å². The van der Waals surface area contributed by atoms with E-state index in [1.54, 1.807) is 0 Å². The number of esters is 1. The van der Waals surface area contributed by atoms with Gasteiger partial charge in [0.05, 0.1) is 29.8 Å². The van der Waals surface area contributed by atoms with Crippen molar-refractivity contribution in [1.82, 2.24) is 10.3 Å². The van der Waals surface area contributed by atoms with Gasteiger partial charge < -0.3 is 15.8 Å². The summed E-state index contributed by atoms with van der Waals surface area (Å²) in [6.45, 7) is 0. The van der Waals surface area contributed by atoms with E-state index < -0.39 is 35.5 Å². The number of carbonyl (C=O) groups excluding carboxylic acids is 1. The van der Waals surface area contributed by atoms with Gasteiger partial charge in [-0.2, -0.15) is 13.2 Å². The topological polar surface area (TPSA) is 77.2 Å². The number of pyridine rings is 1. The standard InChI is InChI=1S/C17H14ClF4N3O2S/c1-27-14(26)7-16(25-15(23)28,13-3-2-11(18)8-24-13)9-4-10(17(20,21)22)6-12(19)5-9/h2-6,8H,7H2,1H3,(H3,23,25,28). The number of thiocarbonyl (C=S) groups is 1. The quantitative estimate of drug-likeness (QED) is 0.425. The van der Waals surface area contributed by atoms with Crippen LogP contribution in [0.5, 0.6) is 0 Å². The molecule has 0 aliphatic rings. The number of alkyl halides is 3. The van der Waals surface area contributed by atoms with E-state index in [4.69, 9.17) is 29.6 Å². The Morgan fingerprint density at radius 3 is 2.43 bits per heavy atom. The van der Waals surface area contributed by atoms with Gasteiger partial charge in [-0.25, -0.2) is 4.39 Å². The van der Waals surface area contributed by atoms with Crippen molar-refractivity contribution >= 4 is 34.9 Å². The molecule has 0 amide bonds. The summed E-state index contributed by atoms with van der Waals surface area (Å²) in [5.74, 6) is -1.99. The average molecular weight is 436 g/mol. The van der Waals surface area contributed by atoms with Crippen LogP contribution in [0.2, 0.25) is 5.02 Å². The number of hydrogen-bond donors (Lipinski definition) is 2. The smallest absolute Gasteiger partial charge is 0.416 e. The summed E-state index contributed by atoms with van der Waals surface area (Å²) in [5.41, 5.74) is 2.24. The Bertz CT molecular complexity index is 893. The lowest BCUT2D eigenvalue weighted by Gasteiger charge is -2.34. The first-order chi connectivity index (χ1) is 13.0. The highest BCUT2D eigenvalue weighted by Gasteiger charge is 2.41. The lowest BCUT2D eigenvalue weighted by atomic mass is 9.82. The molecule has 1 aromatic heterocycles. The first-order valence-corrected chi connectivity index (χ1v) is 8.41. The van der Waals surface area contributed by atoms with Crippen LogP contribution in [0.4, 0.5) is 17.6 Å². The summed E-state index contributed by atoms with van der Waals surface area (Å²) < 4.78 is 58.4. The summed E-state index contributed by atoms with van der Waals surface area (Å²) in [7, 11) is 1.09. The predicted octanol–water partition coefficient (Wildman–Crippen LogP) is 3.53. The molecule has 1 heterocycles. The van der Waals surface area contributed by atoms with Crippen LogP contribution in [0.3, 0.4) is 0 Å². The van der Waals surface area contributed by atoms with Gasteiger partial charge in [-0.15, -0.1) is 0 Å². The van der Waals surface area contributed by atoms with Crippen molar-refractivity contribution in [2.75, 3.05) is 7.11 Å². The average Bonchev–Trinajstić information content (AvgIpc) is 2.59. The fraction of sp³-hybridized carbons (Fsp3) is 0.235. The molecule has 2 rings (SSSR count). The number of aromatic nitrogens is 1. The molecule has 0 aliphatic carbocycles. The van der Waals surface area contributed by atoms with Crippen LogP contribution in [-0.2, 0) is 21.2 Å². The first-order valence-electron chi connectivity index (χ1n) is 7.62. The summed E-state index contributed by atoms with van der Waals surface area (Å²) in [5, 5.41) is 2.47. The van der Waals surface area contributed by atoms with Crippen LogP contribution >= 0.6 is 23.8 Å². The van der Waals surface area contributed by atoms with Crippen LogP contribution < -0.4 is 11.1 Å². The third-order valence-corrected chi connectivity index (χ3v) is 4.18. The normalized spacial score (nSPS) is 13.5. The molecule has 3 N–H and O–H groups in total. The van der Waals surface area contributed by atoms with Crippen LogP contribution in [0.1, 0.15) is 23.2 Å². The highest BCUT2D eigenvalue weighted by Crippen LogP contribution is 2.37. The number of nitrogens with two attached hydrogens (primary N) is 1. The van der Waals surface area contributed by atoms with Gasteiger partial charge in [0, 0.05) is 6.20 Å². The summed E-state index contributed by atoms with van der Waals surface area (Å²) in [4.78, 5) is 16.1. The fourth-order valence-corrected chi connectivity index (χ4v) is 2.93. The van der Waals surface area contributed by atoms with Gasteiger partial charge in [0.15, 0.2) is 5.11 Å². The maximum atomic E-state index is 14.1. The summed E-state index contributed by atoms with van der Waals surface area (Å²) >= 11 is 10.7. The Morgan fingerprint density at radius 1 is 1.29 bits per heavy atom. The van der Waals surface area contributed by atoms with Crippen molar-refractivity contribution in [2.24, 2.45) is 5.73 Å². The molecule has 1 unspecified atom stereocenters. The van der Waals surface area contributed by atoms with Gasteiger partial charge >= 0.3 is 12.1 Å². The van der Waals surface area contributed by atoms with E-state index in [9.17, 15) is 22.4 Å². The van der Waals surface area contributed by atoms with Crippen LogP contribution in [-0.4, -0.2) is 23.2 Å². The number of methoxy groups -OCH3 is 1. The van der Waals surface area contributed by atoms with Crippen molar-refractivity contribution in [3.8, 4) is 0 Å². The second-order valence-corrected chi connectivity index (χ2v) is 6.61. The second-order valence-electron chi connectivity index (χ2n) is 5.74. The molecule has 0 radical (unpaired) electrons. The molecular formula is C17H14ClF4N3O2S.